The second-order valence-corrected chi connectivity index (χ2v) is 5.60. The highest BCUT2D eigenvalue weighted by Crippen LogP contribution is 2.31. The molecule has 0 aliphatic carbocycles. The van der Waals surface area contributed by atoms with Crippen molar-refractivity contribution in [2.75, 3.05) is 19.7 Å². The molecule has 0 bridgehead atoms. The summed E-state index contributed by atoms with van der Waals surface area (Å²) in [5, 5.41) is 19.1. The standard InChI is InChI=1S/C15H22N6O3/c1-3-20(4-2)8-19-14-13-15(17-7-16-14)21(9-18-13)12-5-10(23)11(6-22)24-12/h7-12,22-23H,3-6H2,1-2H3/t10-,11+,12+/m0/s1. The molecule has 130 valence electrons. The Bertz CT molecular complexity index is 714. The van der Waals surface area contributed by atoms with E-state index in [1.54, 1.807) is 17.2 Å². The number of nitrogens with zero attached hydrogens (tertiary/aromatic N) is 6. The fourth-order valence-corrected chi connectivity index (χ4v) is 2.72. The van der Waals surface area contributed by atoms with Crippen LogP contribution >= 0.6 is 0 Å². The van der Waals surface area contributed by atoms with Crippen LogP contribution in [0.3, 0.4) is 0 Å². The zero-order valence-corrected chi connectivity index (χ0v) is 13.8. The zero-order chi connectivity index (χ0) is 17.1. The fraction of sp³-hybridized carbons (Fsp3) is 0.600. The number of rotatable bonds is 6. The van der Waals surface area contributed by atoms with Gasteiger partial charge in [-0.1, -0.05) is 0 Å². The number of fused-ring (bicyclic) bond motifs is 1. The minimum atomic E-state index is -0.709. The monoisotopic (exact) mass is 334 g/mol. The largest absolute Gasteiger partial charge is 0.394 e. The molecule has 0 aromatic carbocycles. The number of aliphatic imine (C=N–C) groups is 1. The van der Waals surface area contributed by atoms with Gasteiger partial charge >= 0.3 is 0 Å². The Morgan fingerprint density at radius 3 is 2.83 bits per heavy atom. The third-order valence-corrected chi connectivity index (χ3v) is 4.19. The van der Waals surface area contributed by atoms with Crippen molar-refractivity contribution >= 4 is 23.3 Å². The van der Waals surface area contributed by atoms with Crippen molar-refractivity contribution in [2.24, 2.45) is 4.99 Å². The first kappa shape index (κ1) is 16.7. The minimum Gasteiger partial charge on any atom is -0.394 e. The molecule has 3 atom stereocenters. The van der Waals surface area contributed by atoms with Gasteiger partial charge in [-0.2, -0.15) is 0 Å². The molecule has 2 aromatic rings. The molecule has 3 rings (SSSR count). The molecule has 3 heterocycles. The number of aromatic nitrogens is 4. The van der Waals surface area contributed by atoms with Gasteiger partial charge in [-0.3, -0.25) is 4.57 Å². The van der Waals surface area contributed by atoms with Crippen molar-refractivity contribution in [3.8, 4) is 0 Å². The average Bonchev–Trinajstić information content (AvgIpc) is 3.19. The van der Waals surface area contributed by atoms with Crippen molar-refractivity contribution in [1.82, 2.24) is 24.4 Å². The Hall–Kier alpha value is -2.10. The van der Waals surface area contributed by atoms with Crippen LogP contribution in [0.5, 0.6) is 0 Å². The lowest BCUT2D eigenvalue weighted by molar-refractivity contribution is -0.0432. The number of hydrogen-bond acceptors (Lipinski definition) is 7. The molecular weight excluding hydrogens is 312 g/mol. The maximum absolute atomic E-state index is 9.90. The number of imidazole rings is 1. The fourth-order valence-electron chi connectivity index (χ4n) is 2.72. The van der Waals surface area contributed by atoms with Crippen LogP contribution < -0.4 is 0 Å². The molecule has 0 amide bonds. The van der Waals surface area contributed by atoms with Crippen molar-refractivity contribution in [3.63, 3.8) is 0 Å². The zero-order valence-electron chi connectivity index (χ0n) is 13.8. The highest BCUT2D eigenvalue weighted by Gasteiger charge is 2.35. The summed E-state index contributed by atoms with van der Waals surface area (Å²) in [5.74, 6) is 0.489. The number of ether oxygens (including phenoxy) is 1. The van der Waals surface area contributed by atoms with Crippen LogP contribution in [-0.2, 0) is 4.74 Å². The predicted octanol–water partition coefficient (Wildman–Crippen LogP) is 0.469. The Morgan fingerprint density at radius 2 is 2.17 bits per heavy atom. The van der Waals surface area contributed by atoms with Gasteiger partial charge in [-0.25, -0.2) is 19.9 Å². The quantitative estimate of drug-likeness (QED) is 0.584. The molecule has 0 unspecified atom stereocenters. The van der Waals surface area contributed by atoms with E-state index in [0.717, 1.165) is 13.1 Å². The first-order chi connectivity index (χ1) is 11.7. The van der Waals surface area contributed by atoms with E-state index in [4.69, 9.17) is 4.74 Å². The van der Waals surface area contributed by atoms with Gasteiger partial charge in [-0.15, -0.1) is 0 Å². The van der Waals surface area contributed by atoms with Crippen LogP contribution in [0, 0.1) is 0 Å². The summed E-state index contributed by atoms with van der Waals surface area (Å²) in [6, 6.07) is 0. The molecular formula is C15H22N6O3. The van der Waals surface area contributed by atoms with Crippen LogP contribution in [0.4, 0.5) is 5.82 Å². The van der Waals surface area contributed by atoms with Gasteiger partial charge in [0.15, 0.2) is 17.0 Å². The van der Waals surface area contributed by atoms with E-state index in [1.165, 1.54) is 6.33 Å². The first-order valence-electron chi connectivity index (χ1n) is 8.08. The Morgan fingerprint density at radius 1 is 1.38 bits per heavy atom. The van der Waals surface area contributed by atoms with Crippen molar-refractivity contribution < 1.29 is 14.9 Å². The van der Waals surface area contributed by atoms with Crippen LogP contribution in [0.25, 0.3) is 11.2 Å². The lowest BCUT2D eigenvalue weighted by atomic mass is 10.2. The van der Waals surface area contributed by atoms with Crippen LogP contribution in [-0.4, -0.2) is 72.9 Å². The van der Waals surface area contributed by atoms with E-state index < -0.39 is 18.4 Å². The molecule has 1 aliphatic heterocycles. The van der Waals surface area contributed by atoms with Crippen molar-refractivity contribution in [1.29, 1.82) is 0 Å². The maximum atomic E-state index is 9.90. The normalized spacial score (nSPS) is 24.2. The molecule has 24 heavy (non-hydrogen) atoms. The first-order valence-corrected chi connectivity index (χ1v) is 8.08. The second kappa shape index (κ2) is 7.20. The predicted molar refractivity (Wildman–Crippen MR) is 88.0 cm³/mol. The van der Waals surface area contributed by atoms with Gasteiger partial charge < -0.3 is 19.8 Å². The Balaban J connectivity index is 1.90. The van der Waals surface area contributed by atoms with E-state index in [1.807, 2.05) is 4.90 Å². The van der Waals surface area contributed by atoms with E-state index in [-0.39, 0.29) is 6.61 Å². The average molecular weight is 334 g/mol. The molecule has 0 radical (unpaired) electrons. The van der Waals surface area contributed by atoms with E-state index >= 15 is 0 Å². The van der Waals surface area contributed by atoms with Gasteiger partial charge in [0.25, 0.3) is 0 Å². The molecule has 0 spiro atoms. The molecule has 2 N–H and O–H groups in total. The molecule has 1 aliphatic rings. The summed E-state index contributed by atoms with van der Waals surface area (Å²) >= 11 is 0. The lowest BCUT2D eigenvalue weighted by Gasteiger charge is -2.14. The molecule has 9 nitrogen and oxygen atoms in total. The van der Waals surface area contributed by atoms with Crippen LogP contribution in [0.15, 0.2) is 17.6 Å². The van der Waals surface area contributed by atoms with Gasteiger partial charge in [0.05, 0.1) is 25.4 Å². The number of aliphatic hydroxyl groups excluding tert-OH is 2. The molecule has 1 fully saturated rings. The van der Waals surface area contributed by atoms with Crippen molar-refractivity contribution in [2.45, 2.75) is 38.7 Å². The third-order valence-electron chi connectivity index (χ3n) is 4.19. The second-order valence-electron chi connectivity index (χ2n) is 5.60. The van der Waals surface area contributed by atoms with Crippen molar-refractivity contribution in [3.05, 3.63) is 12.7 Å². The molecule has 0 saturated carbocycles. The topological polar surface area (TPSA) is 109 Å². The van der Waals surface area contributed by atoms with Crippen LogP contribution in [0.1, 0.15) is 26.5 Å². The Labute approximate surface area is 139 Å². The van der Waals surface area contributed by atoms with Gasteiger partial charge in [-0.05, 0) is 13.8 Å². The molecule has 2 aromatic heterocycles. The molecule has 9 heteroatoms. The summed E-state index contributed by atoms with van der Waals surface area (Å²) in [7, 11) is 0. The van der Waals surface area contributed by atoms with Crippen LogP contribution in [0.2, 0.25) is 0 Å². The van der Waals surface area contributed by atoms with E-state index in [0.29, 0.717) is 23.4 Å². The smallest absolute Gasteiger partial charge is 0.184 e. The summed E-state index contributed by atoms with van der Waals surface area (Å²) in [5.41, 5.74) is 1.17. The summed E-state index contributed by atoms with van der Waals surface area (Å²) in [6.45, 7) is 5.61. The summed E-state index contributed by atoms with van der Waals surface area (Å²) in [4.78, 5) is 19.3. The summed E-state index contributed by atoms with van der Waals surface area (Å²) in [6.07, 6.45) is 3.44. The highest BCUT2D eigenvalue weighted by atomic mass is 16.5. The highest BCUT2D eigenvalue weighted by molar-refractivity contribution is 5.82. The number of aliphatic hydroxyl groups is 2. The third kappa shape index (κ3) is 3.10. The summed E-state index contributed by atoms with van der Waals surface area (Å²) < 4.78 is 7.41. The number of hydrogen-bond donors (Lipinski definition) is 2. The van der Waals surface area contributed by atoms with Gasteiger partial charge in [0, 0.05) is 19.5 Å². The Kier molecular flexibility index (Phi) is 5.03. The van der Waals surface area contributed by atoms with Gasteiger partial charge in [0.1, 0.15) is 18.7 Å². The lowest BCUT2D eigenvalue weighted by Crippen LogP contribution is -2.24. The molecule has 1 saturated heterocycles. The van der Waals surface area contributed by atoms with E-state index in [9.17, 15) is 10.2 Å². The van der Waals surface area contributed by atoms with E-state index in [2.05, 4.69) is 33.8 Å². The minimum absolute atomic E-state index is 0.224. The SMILES string of the molecule is CCN(C=Nc1ncnc2c1ncn2[C@H]1C[C@H](O)[C@@H](CO)O1)CC. The maximum Gasteiger partial charge on any atom is 0.184 e. The van der Waals surface area contributed by atoms with Gasteiger partial charge in [0.2, 0.25) is 0 Å².